The first kappa shape index (κ1) is 17.4. The summed E-state index contributed by atoms with van der Waals surface area (Å²) in [4.78, 5) is 24.2. The van der Waals surface area contributed by atoms with Crippen LogP contribution in [0.4, 0.5) is 0 Å². The van der Waals surface area contributed by atoms with Crippen LogP contribution in [0.25, 0.3) is 21.3 Å². The lowest BCUT2D eigenvalue weighted by Gasteiger charge is -2.16. The van der Waals surface area contributed by atoms with Gasteiger partial charge in [0.2, 0.25) is 0 Å². The largest absolute Gasteiger partial charge is 0.337 e. The van der Waals surface area contributed by atoms with Gasteiger partial charge in [0.25, 0.3) is 5.91 Å². The van der Waals surface area contributed by atoms with Gasteiger partial charge in [0.05, 0.1) is 5.69 Å². The van der Waals surface area contributed by atoms with E-state index >= 15 is 0 Å². The van der Waals surface area contributed by atoms with Crippen molar-refractivity contribution in [2.24, 2.45) is 0 Å². The Kier molecular flexibility index (Phi) is 4.69. The molecule has 2 aromatic carbocycles. The average molecular weight is 373 g/mol. The van der Waals surface area contributed by atoms with Gasteiger partial charge in [0.1, 0.15) is 9.88 Å². The lowest BCUT2D eigenvalue weighted by Crippen LogP contribution is -2.26. The molecule has 0 unspecified atom stereocenters. The maximum atomic E-state index is 13.0. The zero-order valence-electron chi connectivity index (χ0n) is 15.2. The van der Waals surface area contributed by atoms with E-state index in [0.29, 0.717) is 11.4 Å². The quantitative estimate of drug-likeness (QED) is 0.509. The van der Waals surface area contributed by atoms with Gasteiger partial charge >= 0.3 is 0 Å². The summed E-state index contributed by atoms with van der Waals surface area (Å²) in [5.41, 5.74) is 2.84. The topological polar surface area (TPSA) is 46.1 Å². The molecule has 0 fully saturated rings. The summed E-state index contributed by atoms with van der Waals surface area (Å²) in [5.74, 6) is -0.0136. The summed E-state index contributed by atoms with van der Waals surface area (Å²) < 4.78 is 0. The highest BCUT2D eigenvalue weighted by molar-refractivity contribution is 7.17. The third-order valence-electron chi connectivity index (χ3n) is 4.50. The molecule has 5 heteroatoms. The van der Waals surface area contributed by atoms with E-state index in [1.165, 1.54) is 16.7 Å². The van der Waals surface area contributed by atoms with E-state index in [-0.39, 0.29) is 5.91 Å². The van der Waals surface area contributed by atoms with E-state index < -0.39 is 0 Å². The summed E-state index contributed by atoms with van der Waals surface area (Å²) in [6, 6.07) is 18.3. The second kappa shape index (κ2) is 7.29. The Morgan fingerprint density at radius 1 is 1.07 bits per heavy atom. The number of pyridine rings is 1. The highest BCUT2D eigenvalue weighted by atomic mass is 32.1. The van der Waals surface area contributed by atoms with Crippen LogP contribution in [0, 0.1) is 6.92 Å². The van der Waals surface area contributed by atoms with Crippen LogP contribution in [-0.4, -0.2) is 27.8 Å². The minimum absolute atomic E-state index is 0.0136. The van der Waals surface area contributed by atoms with Crippen molar-refractivity contribution in [2.45, 2.75) is 13.5 Å². The van der Waals surface area contributed by atoms with E-state index in [9.17, 15) is 4.79 Å². The molecule has 1 amide bonds. The van der Waals surface area contributed by atoms with Crippen molar-refractivity contribution in [3.63, 3.8) is 0 Å². The SMILES string of the molecule is Cc1nc(-c2cccc3ccccc23)sc1C(=O)N(C)Cc1cccnc1. The molecule has 4 nitrogen and oxygen atoms in total. The molecule has 0 bridgehead atoms. The van der Waals surface area contributed by atoms with Gasteiger partial charge in [-0.3, -0.25) is 9.78 Å². The maximum absolute atomic E-state index is 13.0. The maximum Gasteiger partial charge on any atom is 0.265 e. The lowest BCUT2D eigenvalue weighted by atomic mass is 10.1. The van der Waals surface area contributed by atoms with E-state index in [4.69, 9.17) is 4.98 Å². The van der Waals surface area contributed by atoms with Crippen LogP contribution in [0.1, 0.15) is 20.9 Å². The first-order valence-corrected chi connectivity index (χ1v) is 9.55. The zero-order valence-corrected chi connectivity index (χ0v) is 16.0. The zero-order chi connectivity index (χ0) is 18.8. The molecule has 0 aliphatic heterocycles. The summed E-state index contributed by atoms with van der Waals surface area (Å²) in [6.45, 7) is 2.42. The van der Waals surface area contributed by atoms with Crippen LogP contribution in [0.3, 0.4) is 0 Å². The second-order valence-electron chi connectivity index (χ2n) is 6.48. The number of fused-ring (bicyclic) bond motifs is 1. The fourth-order valence-corrected chi connectivity index (χ4v) is 4.23. The predicted molar refractivity (Wildman–Crippen MR) is 110 cm³/mol. The highest BCUT2D eigenvalue weighted by Crippen LogP contribution is 2.33. The van der Waals surface area contributed by atoms with E-state index in [0.717, 1.165) is 27.2 Å². The van der Waals surface area contributed by atoms with Crippen molar-refractivity contribution >= 4 is 28.0 Å². The Morgan fingerprint density at radius 2 is 1.89 bits per heavy atom. The smallest absolute Gasteiger partial charge is 0.265 e. The number of nitrogens with zero attached hydrogens (tertiary/aromatic N) is 3. The molecule has 27 heavy (non-hydrogen) atoms. The van der Waals surface area contributed by atoms with Crippen LogP contribution in [0.5, 0.6) is 0 Å². The molecular weight excluding hydrogens is 354 g/mol. The molecule has 2 heterocycles. The van der Waals surface area contributed by atoms with Gasteiger partial charge in [-0.2, -0.15) is 0 Å². The van der Waals surface area contributed by atoms with Gasteiger partial charge in [-0.05, 0) is 29.3 Å². The van der Waals surface area contributed by atoms with Crippen molar-refractivity contribution in [2.75, 3.05) is 7.05 Å². The molecule has 0 atom stereocenters. The van der Waals surface area contributed by atoms with Gasteiger partial charge in [0.15, 0.2) is 0 Å². The Balaban J connectivity index is 1.66. The number of amides is 1. The minimum Gasteiger partial charge on any atom is -0.337 e. The second-order valence-corrected chi connectivity index (χ2v) is 7.48. The Morgan fingerprint density at radius 3 is 2.70 bits per heavy atom. The third-order valence-corrected chi connectivity index (χ3v) is 5.68. The number of rotatable bonds is 4. The molecule has 4 rings (SSSR count). The van der Waals surface area contributed by atoms with Crippen LogP contribution in [0.2, 0.25) is 0 Å². The average Bonchev–Trinajstić information content (AvgIpc) is 3.09. The summed E-state index contributed by atoms with van der Waals surface area (Å²) in [6.07, 6.45) is 3.51. The van der Waals surface area contributed by atoms with E-state index in [1.54, 1.807) is 17.3 Å². The van der Waals surface area contributed by atoms with Gasteiger partial charge in [-0.1, -0.05) is 48.5 Å². The van der Waals surface area contributed by atoms with Crippen molar-refractivity contribution in [1.29, 1.82) is 0 Å². The van der Waals surface area contributed by atoms with Crippen molar-refractivity contribution < 1.29 is 4.79 Å². The molecule has 4 aromatic rings. The molecule has 0 aliphatic carbocycles. The fourth-order valence-electron chi connectivity index (χ4n) is 3.13. The number of thiazole rings is 1. The summed E-state index contributed by atoms with van der Waals surface area (Å²) >= 11 is 1.46. The van der Waals surface area contributed by atoms with Gasteiger partial charge in [-0.25, -0.2) is 4.98 Å². The standard InChI is InChI=1S/C22H19N3OS/c1-15-20(22(26)25(2)14-16-7-6-12-23-13-16)27-21(24-15)19-11-5-9-17-8-3-4-10-18(17)19/h3-13H,14H2,1-2H3. The molecule has 0 N–H and O–H groups in total. The predicted octanol–water partition coefficient (Wildman–Crippen LogP) is 4.94. The van der Waals surface area contributed by atoms with Crippen LogP contribution in [0.15, 0.2) is 67.0 Å². The van der Waals surface area contributed by atoms with Crippen LogP contribution >= 0.6 is 11.3 Å². The normalized spacial score (nSPS) is 10.9. The number of benzene rings is 2. The monoisotopic (exact) mass is 373 g/mol. The van der Waals surface area contributed by atoms with Crippen LogP contribution in [-0.2, 0) is 6.54 Å². The summed E-state index contributed by atoms with van der Waals surface area (Å²) in [7, 11) is 1.81. The third kappa shape index (κ3) is 3.46. The fraction of sp³-hybridized carbons (Fsp3) is 0.136. The van der Waals surface area contributed by atoms with Crippen molar-refractivity contribution in [3.8, 4) is 10.6 Å². The molecule has 0 spiro atoms. The number of aryl methyl sites for hydroxylation is 1. The summed E-state index contributed by atoms with van der Waals surface area (Å²) in [5, 5.41) is 3.20. The van der Waals surface area contributed by atoms with Crippen molar-refractivity contribution in [3.05, 3.63) is 83.1 Å². The first-order chi connectivity index (χ1) is 13.1. The molecule has 2 aromatic heterocycles. The Hall–Kier alpha value is -3.05. The Bertz CT molecular complexity index is 1100. The molecule has 0 radical (unpaired) electrons. The Labute approximate surface area is 162 Å². The number of carbonyl (C=O) groups is 1. The number of hydrogen-bond donors (Lipinski definition) is 0. The van der Waals surface area contributed by atoms with E-state index in [1.807, 2.05) is 44.3 Å². The van der Waals surface area contributed by atoms with Crippen molar-refractivity contribution in [1.82, 2.24) is 14.9 Å². The highest BCUT2D eigenvalue weighted by Gasteiger charge is 2.20. The number of carbonyl (C=O) groups excluding carboxylic acids is 1. The number of hydrogen-bond acceptors (Lipinski definition) is 4. The molecular formula is C22H19N3OS. The van der Waals surface area contributed by atoms with Crippen LogP contribution < -0.4 is 0 Å². The first-order valence-electron chi connectivity index (χ1n) is 8.73. The van der Waals surface area contributed by atoms with Gasteiger partial charge in [0, 0.05) is 31.5 Å². The number of aromatic nitrogens is 2. The van der Waals surface area contributed by atoms with E-state index in [2.05, 4.69) is 29.2 Å². The minimum atomic E-state index is -0.0136. The van der Waals surface area contributed by atoms with Gasteiger partial charge in [-0.15, -0.1) is 11.3 Å². The molecule has 0 saturated carbocycles. The molecule has 134 valence electrons. The molecule has 0 saturated heterocycles. The molecule has 0 aliphatic rings. The van der Waals surface area contributed by atoms with Gasteiger partial charge < -0.3 is 4.90 Å². The lowest BCUT2D eigenvalue weighted by molar-refractivity contribution is 0.0789.